The van der Waals surface area contributed by atoms with E-state index in [0.29, 0.717) is 5.91 Å². The normalized spacial score (nSPS) is 38.4. The van der Waals surface area contributed by atoms with Gasteiger partial charge >= 0.3 is 0 Å². The van der Waals surface area contributed by atoms with Gasteiger partial charge in [-0.1, -0.05) is 15.9 Å². The summed E-state index contributed by atoms with van der Waals surface area (Å²) in [6.45, 7) is 0.881. The van der Waals surface area contributed by atoms with Crippen molar-refractivity contribution in [1.82, 2.24) is 0 Å². The van der Waals surface area contributed by atoms with Gasteiger partial charge in [0.25, 0.3) is 0 Å². The molecule has 5 aliphatic rings. The first-order valence-corrected chi connectivity index (χ1v) is 9.53. The van der Waals surface area contributed by atoms with Crippen molar-refractivity contribution < 1.29 is 4.79 Å². The maximum absolute atomic E-state index is 13.5. The lowest BCUT2D eigenvalue weighted by Gasteiger charge is -2.56. The number of benzene rings is 1. The molecule has 1 aromatic rings. The number of rotatable bonds is 1. The monoisotopic (exact) mass is 359 g/mol. The van der Waals surface area contributed by atoms with Crippen LogP contribution in [0, 0.1) is 23.2 Å². The molecule has 0 atom stereocenters. The van der Waals surface area contributed by atoms with Crippen LogP contribution in [0.2, 0.25) is 0 Å². The van der Waals surface area contributed by atoms with Crippen molar-refractivity contribution >= 4 is 27.5 Å². The zero-order valence-corrected chi connectivity index (χ0v) is 14.4. The molecule has 2 nitrogen and oxygen atoms in total. The minimum atomic E-state index is -0.0105. The summed E-state index contributed by atoms with van der Waals surface area (Å²) in [4.78, 5) is 15.6. The van der Waals surface area contributed by atoms with Crippen LogP contribution >= 0.6 is 15.9 Å². The number of hydrogen-bond acceptors (Lipinski definition) is 1. The molecule has 22 heavy (non-hydrogen) atoms. The minimum absolute atomic E-state index is 0.0105. The number of carbonyl (C=O) groups excluding carboxylic acids is 1. The van der Waals surface area contributed by atoms with Gasteiger partial charge in [-0.2, -0.15) is 0 Å². The van der Waals surface area contributed by atoms with E-state index in [1.165, 1.54) is 49.8 Å². The molecule has 1 aromatic carbocycles. The first-order chi connectivity index (χ1) is 10.6. The molecule has 4 bridgehead atoms. The van der Waals surface area contributed by atoms with E-state index < -0.39 is 0 Å². The number of halogens is 1. The molecule has 0 saturated heterocycles. The summed E-state index contributed by atoms with van der Waals surface area (Å²) >= 11 is 3.55. The summed E-state index contributed by atoms with van der Waals surface area (Å²) in [7, 11) is 0. The summed E-state index contributed by atoms with van der Waals surface area (Å²) in [6, 6.07) is 6.39. The van der Waals surface area contributed by atoms with Crippen LogP contribution in [0.3, 0.4) is 0 Å². The number of hydrogen-bond donors (Lipinski definition) is 0. The zero-order valence-electron chi connectivity index (χ0n) is 12.9. The second-order valence-corrected chi connectivity index (χ2v) is 9.09. The van der Waals surface area contributed by atoms with Crippen molar-refractivity contribution in [3.05, 3.63) is 28.2 Å². The molecular weight excluding hydrogens is 338 g/mol. The molecule has 0 spiro atoms. The third kappa shape index (κ3) is 1.87. The van der Waals surface area contributed by atoms with Gasteiger partial charge in [0.15, 0.2) is 0 Å². The van der Waals surface area contributed by atoms with Gasteiger partial charge < -0.3 is 4.90 Å². The van der Waals surface area contributed by atoms with E-state index in [4.69, 9.17) is 0 Å². The Morgan fingerprint density at radius 3 is 2.36 bits per heavy atom. The number of carbonyl (C=O) groups is 1. The maximum atomic E-state index is 13.5. The molecule has 116 valence electrons. The van der Waals surface area contributed by atoms with Crippen LogP contribution < -0.4 is 4.90 Å². The summed E-state index contributed by atoms with van der Waals surface area (Å²) < 4.78 is 1.12. The van der Waals surface area contributed by atoms with Crippen molar-refractivity contribution in [3.8, 4) is 0 Å². The Kier molecular flexibility index (Phi) is 2.84. The van der Waals surface area contributed by atoms with E-state index in [0.717, 1.165) is 35.2 Å². The van der Waals surface area contributed by atoms with Gasteiger partial charge in [-0.3, -0.25) is 4.79 Å². The molecule has 1 amide bonds. The van der Waals surface area contributed by atoms with Crippen LogP contribution in [0.4, 0.5) is 5.69 Å². The summed E-state index contributed by atoms with van der Waals surface area (Å²) in [5.41, 5.74) is 2.49. The Hall–Kier alpha value is -0.830. The summed E-state index contributed by atoms with van der Waals surface area (Å²) in [5, 5.41) is 0. The molecule has 4 fully saturated rings. The highest BCUT2D eigenvalue weighted by atomic mass is 79.9. The maximum Gasteiger partial charge on any atom is 0.233 e. The molecule has 0 N–H and O–H groups in total. The van der Waals surface area contributed by atoms with E-state index in [2.05, 4.69) is 39.0 Å². The van der Waals surface area contributed by atoms with Crippen molar-refractivity contribution in [3.63, 3.8) is 0 Å². The lowest BCUT2D eigenvalue weighted by molar-refractivity contribution is -0.143. The average Bonchev–Trinajstić information content (AvgIpc) is 2.87. The molecule has 4 aliphatic carbocycles. The Morgan fingerprint density at radius 1 is 1.09 bits per heavy atom. The third-order valence-electron chi connectivity index (χ3n) is 6.67. The van der Waals surface area contributed by atoms with Gasteiger partial charge in [-0.25, -0.2) is 0 Å². The fourth-order valence-electron chi connectivity index (χ4n) is 6.24. The molecule has 6 rings (SSSR count). The molecule has 1 aliphatic heterocycles. The Balaban J connectivity index is 1.49. The number of anilines is 1. The lowest BCUT2D eigenvalue weighted by Crippen LogP contribution is -2.54. The van der Waals surface area contributed by atoms with Gasteiger partial charge in [0.05, 0.1) is 5.41 Å². The lowest BCUT2D eigenvalue weighted by atomic mass is 9.49. The van der Waals surface area contributed by atoms with Gasteiger partial charge in [0.2, 0.25) is 5.91 Å². The molecule has 0 aromatic heterocycles. The summed E-state index contributed by atoms with van der Waals surface area (Å²) in [6.07, 6.45) is 8.70. The number of amides is 1. The van der Waals surface area contributed by atoms with Crippen molar-refractivity contribution in [2.75, 3.05) is 11.4 Å². The van der Waals surface area contributed by atoms with Gasteiger partial charge in [-0.15, -0.1) is 0 Å². The highest BCUT2D eigenvalue weighted by molar-refractivity contribution is 9.10. The van der Waals surface area contributed by atoms with E-state index in [9.17, 15) is 4.79 Å². The predicted octanol–water partition coefficient (Wildman–Crippen LogP) is 4.55. The number of fused-ring (bicyclic) bond motifs is 1. The fraction of sp³-hybridized carbons (Fsp3) is 0.632. The highest BCUT2D eigenvalue weighted by Crippen LogP contribution is 2.61. The van der Waals surface area contributed by atoms with E-state index in [-0.39, 0.29) is 5.41 Å². The highest BCUT2D eigenvalue weighted by Gasteiger charge is 2.56. The van der Waals surface area contributed by atoms with Crippen LogP contribution in [0.25, 0.3) is 0 Å². The van der Waals surface area contributed by atoms with Gasteiger partial charge in [-0.05, 0) is 86.5 Å². The number of nitrogens with zero attached hydrogens (tertiary/aromatic N) is 1. The predicted molar refractivity (Wildman–Crippen MR) is 90.8 cm³/mol. The Bertz CT molecular complexity index is 618. The summed E-state index contributed by atoms with van der Waals surface area (Å²) in [5.74, 6) is 2.96. The topological polar surface area (TPSA) is 20.3 Å². The third-order valence-corrected chi connectivity index (χ3v) is 7.17. The molecule has 3 heteroatoms. The van der Waals surface area contributed by atoms with E-state index in [1.54, 1.807) is 0 Å². The smallest absolute Gasteiger partial charge is 0.233 e. The quantitative estimate of drug-likeness (QED) is 0.719. The van der Waals surface area contributed by atoms with Gasteiger partial charge in [0.1, 0.15) is 0 Å². The zero-order chi connectivity index (χ0) is 14.9. The van der Waals surface area contributed by atoms with Crippen molar-refractivity contribution in [2.24, 2.45) is 23.2 Å². The first kappa shape index (κ1) is 13.6. The second-order valence-electron chi connectivity index (χ2n) is 8.18. The fourth-order valence-corrected chi connectivity index (χ4v) is 6.65. The molecule has 0 radical (unpaired) electrons. The molecular formula is C19H22BrNO. The average molecular weight is 360 g/mol. The first-order valence-electron chi connectivity index (χ1n) is 8.73. The largest absolute Gasteiger partial charge is 0.311 e. The Morgan fingerprint density at radius 2 is 1.73 bits per heavy atom. The molecule has 0 unspecified atom stereocenters. The Labute approximate surface area is 140 Å². The van der Waals surface area contributed by atoms with Crippen LogP contribution in [-0.2, 0) is 11.2 Å². The van der Waals surface area contributed by atoms with E-state index in [1.807, 2.05) is 0 Å². The standard InChI is InChI=1S/C19H22BrNO/c20-16-1-2-17-15(8-16)3-4-21(17)18(22)19-9-12-5-13(10-19)7-14(6-12)11-19/h1-2,8,12-14H,3-7,9-11H2. The second kappa shape index (κ2) is 4.59. The molecule has 4 saturated carbocycles. The SMILES string of the molecule is O=C(N1CCc2cc(Br)ccc21)C12CC3CC(CC(C3)C1)C2. The van der Waals surface area contributed by atoms with Crippen LogP contribution in [-0.4, -0.2) is 12.5 Å². The van der Waals surface area contributed by atoms with Crippen LogP contribution in [0.1, 0.15) is 44.1 Å². The van der Waals surface area contributed by atoms with Gasteiger partial charge in [0, 0.05) is 16.7 Å². The van der Waals surface area contributed by atoms with Crippen molar-refractivity contribution in [1.29, 1.82) is 0 Å². The van der Waals surface area contributed by atoms with E-state index >= 15 is 0 Å². The minimum Gasteiger partial charge on any atom is -0.311 e. The molecule has 1 heterocycles. The van der Waals surface area contributed by atoms with Crippen LogP contribution in [0.5, 0.6) is 0 Å². The van der Waals surface area contributed by atoms with Crippen molar-refractivity contribution in [2.45, 2.75) is 44.9 Å². The van der Waals surface area contributed by atoms with Crippen LogP contribution in [0.15, 0.2) is 22.7 Å².